The molecule has 0 heterocycles. The van der Waals surface area contributed by atoms with Crippen LogP contribution in [0.4, 0.5) is 0 Å². The molecule has 0 spiro atoms. The topological polar surface area (TPSA) is 81.7 Å². The standard InChI is InChI=1S/C24H45NO5/c1-4-7-8-9-10-11-12-13-14-15-16-17-18-19-22(26)25-21(24(28)30-6-3)20-23(27)29-5-2/h21H,4-20H2,1-3H3,(H,25,26)/t21-/m0/s1. The summed E-state index contributed by atoms with van der Waals surface area (Å²) < 4.78 is 9.81. The predicted octanol–water partition coefficient (Wildman–Crippen LogP) is 5.47. The summed E-state index contributed by atoms with van der Waals surface area (Å²) in [7, 11) is 0. The maximum Gasteiger partial charge on any atom is 0.329 e. The van der Waals surface area contributed by atoms with Crippen molar-refractivity contribution in [3.63, 3.8) is 0 Å². The first-order valence-electron chi connectivity index (χ1n) is 12.2. The summed E-state index contributed by atoms with van der Waals surface area (Å²) in [5.41, 5.74) is 0. The number of nitrogens with one attached hydrogen (secondary N) is 1. The van der Waals surface area contributed by atoms with Crippen molar-refractivity contribution < 1.29 is 23.9 Å². The van der Waals surface area contributed by atoms with Crippen molar-refractivity contribution in [2.75, 3.05) is 13.2 Å². The van der Waals surface area contributed by atoms with Crippen molar-refractivity contribution in [3.05, 3.63) is 0 Å². The van der Waals surface area contributed by atoms with Crippen LogP contribution in [0, 0.1) is 0 Å². The number of carbonyl (C=O) groups is 3. The fraction of sp³-hybridized carbons (Fsp3) is 0.875. The number of ether oxygens (including phenoxy) is 2. The van der Waals surface area contributed by atoms with Crippen LogP contribution in [0.1, 0.15) is 117 Å². The SMILES string of the molecule is CCCCCCCCCCCCCCCC(=O)N[C@@H](CC(=O)OCC)C(=O)OCC. The number of unbranched alkanes of at least 4 members (excludes halogenated alkanes) is 12. The lowest BCUT2D eigenvalue weighted by Gasteiger charge is -2.16. The zero-order chi connectivity index (χ0) is 22.5. The molecule has 0 radical (unpaired) electrons. The molecule has 30 heavy (non-hydrogen) atoms. The highest BCUT2D eigenvalue weighted by Crippen LogP contribution is 2.13. The molecule has 0 aliphatic rings. The van der Waals surface area contributed by atoms with E-state index in [-0.39, 0.29) is 25.5 Å². The second kappa shape index (κ2) is 20.7. The van der Waals surface area contributed by atoms with Crippen LogP contribution in [-0.4, -0.2) is 37.1 Å². The number of carbonyl (C=O) groups excluding carboxylic acids is 3. The number of rotatable bonds is 20. The molecule has 0 aromatic heterocycles. The monoisotopic (exact) mass is 427 g/mol. The fourth-order valence-corrected chi connectivity index (χ4v) is 3.39. The Labute approximate surface area is 183 Å². The minimum absolute atomic E-state index is 0.197. The molecule has 0 aliphatic carbocycles. The summed E-state index contributed by atoms with van der Waals surface area (Å²) in [5.74, 6) is -1.33. The number of amides is 1. The quantitative estimate of drug-likeness (QED) is 0.206. The normalized spacial score (nSPS) is 11.7. The first kappa shape index (κ1) is 28.4. The van der Waals surface area contributed by atoms with E-state index in [9.17, 15) is 14.4 Å². The smallest absolute Gasteiger partial charge is 0.329 e. The Balaban J connectivity index is 3.79. The molecule has 0 bridgehead atoms. The Morgan fingerprint density at radius 2 is 1.13 bits per heavy atom. The van der Waals surface area contributed by atoms with Crippen molar-refractivity contribution in [2.24, 2.45) is 0 Å². The van der Waals surface area contributed by atoms with Crippen LogP contribution in [0.2, 0.25) is 0 Å². The van der Waals surface area contributed by atoms with Crippen LogP contribution in [-0.2, 0) is 23.9 Å². The molecule has 0 aliphatic heterocycles. The van der Waals surface area contributed by atoms with E-state index in [4.69, 9.17) is 9.47 Å². The third kappa shape index (κ3) is 17.3. The highest BCUT2D eigenvalue weighted by Gasteiger charge is 2.25. The van der Waals surface area contributed by atoms with Gasteiger partial charge in [-0.05, 0) is 20.3 Å². The van der Waals surface area contributed by atoms with E-state index in [1.807, 2.05) is 0 Å². The van der Waals surface area contributed by atoms with Crippen LogP contribution >= 0.6 is 0 Å². The summed E-state index contributed by atoms with van der Waals surface area (Å²) in [5, 5.41) is 2.62. The Hall–Kier alpha value is -1.59. The van der Waals surface area contributed by atoms with E-state index in [0.717, 1.165) is 19.3 Å². The highest BCUT2D eigenvalue weighted by molar-refractivity contribution is 5.88. The van der Waals surface area contributed by atoms with Crippen molar-refractivity contribution in [1.82, 2.24) is 5.32 Å². The van der Waals surface area contributed by atoms with Crippen LogP contribution < -0.4 is 5.32 Å². The molecule has 6 nitrogen and oxygen atoms in total. The predicted molar refractivity (Wildman–Crippen MR) is 120 cm³/mol. The molecular weight excluding hydrogens is 382 g/mol. The fourth-order valence-electron chi connectivity index (χ4n) is 3.39. The van der Waals surface area contributed by atoms with Gasteiger partial charge in [0.15, 0.2) is 0 Å². The van der Waals surface area contributed by atoms with E-state index in [0.29, 0.717) is 6.42 Å². The number of hydrogen-bond acceptors (Lipinski definition) is 5. The average Bonchev–Trinajstić information content (AvgIpc) is 2.71. The van der Waals surface area contributed by atoms with Crippen LogP contribution in [0.15, 0.2) is 0 Å². The average molecular weight is 428 g/mol. The summed E-state index contributed by atoms with van der Waals surface area (Å²) in [4.78, 5) is 35.7. The lowest BCUT2D eigenvalue weighted by atomic mass is 10.0. The van der Waals surface area contributed by atoms with Gasteiger partial charge in [-0.3, -0.25) is 9.59 Å². The van der Waals surface area contributed by atoms with Crippen LogP contribution in [0.3, 0.4) is 0 Å². The Morgan fingerprint density at radius 3 is 1.60 bits per heavy atom. The largest absolute Gasteiger partial charge is 0.466 e. The third-order valence-corrected chi connectivity index (χ3v) is 5.09. The molecule has 0 fully saturated rings. The first-order valence-corrected chi connectivity index (χ1v) is 12.2. The zero-order valence-electron chi connectivity index (χ0n) is 19.6. The molecular formula is C24H45NO5. The molecule has 0 unspecified atom stereocenters. The third-order valence-electron chi connectivity index (χ3n) is 5.09. The van der Waals surface area contributed by atoms with Crippen molar-refractivity contribution in [1.29, 1.82) is 0 Å². The van der Waals surface area contributed by atoms with Crippen molar-refractivity contribution in [3.8, 4) is 0 Å². The molecule has 1 N–H and O–H groups in total. The van der Waals surface area contributed by atoms with Crippen LogP contribution in [0.5, 0.6) is 0 Å². The van der Waals surface area contributed by atoms with E-state index in [1.54, 1.807) is 13.8 Å². The minimum Gasteiger partial charge on any atom is -0.466 e. The Morgan fingerprint density at radius 1 is 0.667 bits per heavy atom. The van der Waals surface area contributed by atoms with Crippen molar-refractivity contribution >= 4 is 17.8 Å². The second-order valence-corrected chi connectivity index (χ2v) is 7.87. The van der Waals surface area contributed by atoms with Gasteiger partial charge >= 0.3 is 11.9 Å². The van der Waals surface area contributed by atoms with E-state index in [2.05, 4.69) is 12.2 Å². The molecule has 0 rings (SSSR count). The van der Waals surface area contributed by atoms with Gasteiger partial charge < -0.3 is 14.8 Å². The van der Waals surface area contributed by atoms with Gasteiger partial charge in [0.25, 0.3) is 0 Å². The van der Waals surface area contributed by atoms with E-state index < -0.39 is 18.0 Å². The molecule has 0 saturated heterocycles. The number of hydrogen-bond donors (Lipinski definition) is 1. The minimum atomic E-state index is -0.974. The van der Waals surface area contributed by atoms with Gasteiger partial charge in [0.1, 0.15) is 6.04 Å². The van der Waals surface area contributed by atoms with Gasteiger partial charge in [-0.2, -0.15) is 0 Å². The highest BCUT2D eigenvalue weighted by atomic mass is 16.5. The molecule has 0 saturated carbocycles. The molecule has 1 atom stereocenters. The summed E-state index contributed by atoms with van der Waals surface area (Å²) in [6.45, 7) is 6.08. The molecule has 6 heteroatoms. The van der Waals surface area contributed by atoms with E-state index in [1.165, 1.54) is 64.2 Å². The van der Waals surface area contributed by atoms with E-state index >= 15 is 0 Å². The van der Waals surface area contributed by atoms with Gasteiger partial charge in [0.2, 0.25) is 5.91 Å². The lowest BCUT2D eigenvalue weighted by molar-refractivity contribution is -0.153. The van der Waals surface area contributed by atoms with Gasteiger partial charge in [0, 0.05) is 6.42 Å². The second-order valence-electron chi connectivity index (χ2n) is 7.87. The number of esters is 2. The summed E-state index contributed by atoms with van der Waals surface area (Å²) in [6.07, 6.45) is 16.4. The maximum absolute atomic E-state index is 12.1. The molecule has 0 aromatic carbocycles. The van der Waals surface area contributed by atoms with Gasteiger partial charge in [-0.25, -0.2) is 4.79 Å². The van der Waals surface area contributed by atoms with Gasteiger partial charge in [-0.1, -0.05) is 84.0 Å². The molecule has 176 valence electrons. The summed E-state index contributed by atoms with van der Waals surface area (Å²) in [6, 6.07) is -0.974. The van der Waals surface area contributed by atoms with Crippen molar-refractivity contribution in [2.45, 2.75) is 123 Å². The molecule has 0 aromatic rings. The van der Waals surface area contributed by atoms with Gasteiger partial charge in [0.05, 0.1) is 19.6 Å². The van der Waals surface area contributed by atoms with Crippen LogP contribution in [0.25, 0.3) is 0 Å². The Kier molecular flexibility index (Phi) is 19.6. The lowest BCUT2D eigenvalue weighted by Crippen LogP contribution is -2.43. The summed E-state index contributed by atoms with van der Waals surface area (Å²) >= 11 is 0. The van der Waals surface area contributed by atoms with Gasteiger partial charge in [-0.15, -0.1) is 0 Å². The molecule has 1 amide bonds. The Bertz CT molecular complexity index is 453. The zero-order valence-corrected chi connectivity index (χ0v) is 19.6. The first-order chi connectivity index (χ1) is 14.5. The maximum atomic E-state index is 12.1.